The summed E-state index contributed by atoms with van der Waals surface area (Å²) in [5, 5.41) is 0.659. The van der Waals surface area contributed by atoms with Gasteiger partial charge < -0.3 is 15.2 Å². The van der Waals surface area contributed by atoms with Gasteiger partial charge in [-0.3, -0.25) is 0 Å². The van der Waals surface area contributed by atoms with Gasteiger partial charge in [0.05, 0.1) is 5.02 Å². The van der Waals surface area contributed by atoms with Crippen LogP contribution in [0.3, 0.4) is 0 Å². The van der Waals surface area contributed by atoms with E-state index >= 15 is 0 Å². The van der Waals surface area contributed by atoms with E-state index in [1.54, 1.807) is 6.07 Å². The minimum absolute atomic E-state index is 0.490. The summed E-state index contributed by atoms with van der Waals surface area (Å²) in [5.41, 5.74) is 7.36. The van der Waals surface area contributed by atoms with Gasteiger partial charge in [0.2, 0.25) is 0 Å². The zero-order chi connectivity index (χ0) is 11.5. The second-order valence-electron chi connectivity index (χ2n) is 3.56. The van der Waals surface area contributed by atoms with Gasteiger partial charge in [0, 0.05) is 18.2 Å². The van der Waals surface area contributed by atoms with E-state index in [9.17, 15) is 0 Å². The minimum atomic E-state index is 0.490. The van der Waals surface area contributed by atoms with Crippen molar-refractivity contribution >= 4 is 17.7 Å². The molecule has 0 bridgehead atoms. The predicted octanol–water partition coefficient (Wildman–Crippen LogP) is 2.39. The summed E-state index contributed by atoms with van der Waals surface area (Å²) < 4.78 is 11.1. The van der Waals surface area contributed by atoms with Gasteiger partial charge in [-0.2, -0.15) is 0 Å². The molecule has 2 rings (SSSR count). The average Bonchev–Trinajstić information content (AvgIpc) is 2.29. The van der Waals surface area contributed by atoms with E-state index in [0.29, 0.717) is 24.8 Å². The highest BCUT2D eigenvalue weighted by atomic mass is 35.5. The summed E-state index contributed by atoms with van der Waals surface area (Å²) in [6.07, 6.45) is 3.78. The van der Waals surface area contributed by atoms with E-state index < -0.39 is 0 Å². The molecule has 1 aromatic carbocycles. The first-order valence-electron chi connectivity index (χ1n) is 5.19. The Morgan fingerprint density at radius 1 is 1.44 bits per heavy atom. The second-order valence-corrected chi connectivity index (χ2v) is 3.97. The van der Waals surface area contributed by atoms with Crippen molar-refractivity contribution in [3.05, 3.63) is 28.3 Å². The quantitative estimate of drug-likeness (QED) is 0.862. The van der Waals surface area contributed by atoms with Gasteiger partial charge in [-0.1, -0.05) is 23.8 Å². The molecule has 0 fully saturated rings. The molecule has 0 amide bonds. The lowest BCUT2D eigenvalue weighted by atomic mass is 10.1. The number of fused-ring (bicyclic) bond motifs is 1. The van der Waals surface area contributed by atoms with E-state index in [-0.39, 0.29) is 0 Å². The monoisotopic (exact) mass is 239 g/mol. The number of rotatable bonds is 2. The number of ether oxygens (including phenoxy) is 2. The van der Waals surface area contributed by atoms with E-state index in [4.69, 9.17) is 26.8 Å². The highest BCUT2D eigenvalue weighted by Gasteiger charge is 2.18. The van der Waals surface area contributed by atoms with E-state index in [1.807, 2.05) is 19.1 Å². The van der Waals surface area contributed by atoms with Gasteiger partial charge in [0.15, 0.2) is 11.5 Å². The summed E-state index contributed by atoms with van der Waals surface area (Å²) in [4.78, 5) is 0. The van der Waals surface area contributed by atoms with E-state index in [1.165, 1.54) is 0 Å². The zero-order valence-corrected chi connectivity index (χ0v) is 9.88. The maximum atomic E-state index is 6.17. The molecule has 0 aromatic heterocycles. The molecule has 0 aliphatic carbocycles. The number of nitrogens with two attached hydrogens (primary N) is 1. The van der Waals surface area contributed by atoms with Crippen molar-refractivity contribution in [1.29, 1.82) is 0 Å². The fraction of sp³-hybridized carbons (Fsp3) is 0.333. The molecule has 0 spiro atoms. The molecule has 4 heteroatoms. The lowest BCUT2D eigenvalue weighted by Crippen LogP contribution is -2.16. The maximum absolute atomic E-state index is 6.17. The lowest BCUT2D eigenvalue weighted by Gasteiger charge is -2.21. The van der Waals surface area contributed by atoms with Gasteiger partial charge >= 0.3 is 0 Å². The first-order valence-corrected chi connectivity index (χ1v) is 5.57. The molecule has 1 aliphatic heterocycles. The third-order valence-electron chi connectivity index (χ3n) is 2.49. The van der Waals surface area contributed by atoms with Gasteiger partial charge in [-0.25, -0.2) is 0 Å². The SMILES string of the molecule is Cc1c(/C=C/CN)c(Cl)cc2c1OCCO2. The molecule has 0 unspecified atom stereocenters. The van der Waals surface area contributed by atoms with Gasteiger partial charge in [0.1, 0.15) is 13.2 Å². The molecule has 2 N–H and O–H groups in total. The van der Waals surface area contributed by atoms with E-state index in [2.05, 4.69) is 0 Å². The van der Waals surface area contributed by atoms with Crippen molar-refractivity contribution < 1.29 is 9.47 Å². The van der Waals surface area contributed by atoms with Crippen LogP contribution in [0.5, 0.6) is 11.5 Å². The summed E-state index contributed by atoms with van der Waals surface area (Å²) >= 11 is 6.17. The topological polar surface area (TPSA) is 44.5 Å². The number of hydrogen-bond donors (Lipinski definition) is 1. The Kier molecular flexibility index (Phi) is 3.36. The fourth-order valence-electron chi connectivity index (χ4n) is 1.72. The highest BCUT2D eigenvalue weighted by Crippen LogP contribution is 2.39. The second kappa shape index (κ2) is 4.76. The maximum Gasteiger partial charge on any atom is 0.164 e. The van der Waals surface area contributed by atoms with Crippen LogP contribution in [0.25, 0.3) is 6.08 Å². The largest absolute Gasteiger partial charge is 0.486 e. The van der Waals surface area contributed by atoms with Crippen molar-refractivity contribution in [1.82, 2.24) is 0 Å². The molecule has 0 saturated carbocycles. The Balaban J connectivity index is 2.49. The molecular weight excluding hydrogens is 226 g/mol. The Hall–Kier alpha value is -1.19. The summed E-state index contributed by atoms with van der Waals surface area (Å²) in [6.45, 7) is 3.61. The predicted molar refractivity (Wildman–Crippen MR) is 65.3 cm³/mol. The van der Waals surface area contributed by atoms with Gasteiger partial charge in [-0.05, 0) is 12.5 Å². The fourth-order valence-corrected chi connectivity index (χ4v) is 2.02. The summed E-state index contributed by atoms with van der Waals surface area (Å²) in [6, 6.07) is 1.79. The first-order chi connectivity index (χ1) is 7.74. The van der Waals surface area contributed by atoms with Crippen LogP contribution in [0.4, 0.5) is 0 Å². The van der Waals surface area contributed by atoms with Crippen LogP contribution in [0.2, 0.25) is 5.02 Å². The smallest absolute Gasteiger partial charge is 0.164 e. The minimum Gasteiger partial charge on any atom is -0.486 e. The third kappa shape index (κ3) is 2.01. The zero-order valence-electron chi connectivity index (χ0n) is 9.13. The van der Waals surface area contributed by atoms with Crippen LogP contribution in [0.1, 0.15) is 11.1 Å². The van der Waals surface area contributed by atoms with Crippen molar-refractivity contribution in [2.75, 3.05) is 19.8 Å². The molecule has 0 radical (unpaired) electrons. The van der Waals surface area contributed by atoms with Gasteiger partial charge in [0.25, 0.3) is 0 Å². The highest BCUT2D eigenvalue weighted by molar-refractivity contribution is 6.32. The third-order valence-corrected chi connectivity index (χ3v) is 2.80. The number of hydrogen-bond acceptors (Lipinski definition) is 3. The normalized spacial score (nSPS) is 14.4. The number of halogens is 1. The van der Waals surface area contributed by atoms with Crippen LogP contribution >= 0.6 is 11.6 Å². The summed E-state index contributed by atoms with van der Waals surface area (Å²) in [5.74, 6) is 1.51. The van der Waals surface area contributed by atoms with Crippen LogP contribution in [0, 0.1) is 6.92 Å². The van der Waals surface area contributed by atoms with Crippen LogP contribution in [0.15, 0.2) is 12.1 Å². The van der Waals surface area contributed by atoms with Crippen LogP contribution < -0.4 is 15.2 Å². The standard InChI is InChI=1S/C12H14ClNO2/c1-8-9(3-2-4-14)10(13)7-11-12(8)16-6-5-15-11/h2-3,7H,4-6,14H2,1H3/b3-2+. The molecule has 1 aliphatic rings. The Morgan fingerprint density at radius 2 is 2.19 bits per heavy atom. The molecular formula is C12H14ClNO2. The molecule has 1 heterocycles. The van der Waals surface area contributed by atoms with Gasteiger partial charge in [-0.15, -0.1) is 0 Å². The molecule has 3 nitrogen and oxygen atoms in total. The van der Waals surface area contributed by atoms with Crippen molar-refractivity contribution in [3.8, 4) is 11.5 Å². The van der Waals surface area contributed by atoms with Crippen molar-refractivity contribution in [3.63, 3.8) is 0 Å². The molecule has 16 heavy (non-hydrogen) atoms. The van der Waals surface area contributed by atoms with Crippen LogP contribution in [-0.2, 0) is 0 Å². The molecule has 0 atom stereocenters. The van der Waals surface area contributed by atoms with E-state index in [0.717, 1.165) is 22.6 Å². The van der Waals surface area contributed by atoms with Crippen molar-refractivity contribution in [2.24, 2.45) is 5.73 Å². The average molecular weight is 240 g/mol. The van der Waals surface area contributed by atoms with Crippen LogP contribution in [-0.4, -0.2) is 19.8 Å². The first kappa shape index (κ1) is 11.3. The Bertz CT molecular complexity index is 430. The van der Waals surface area contributed by atoms with Crippen molar-refractivity contribution in [2.45, 2.75) is 6.92 Å². The number of benzene rings is 1. The summed E-state index contributed by atoms with van der Waals surface area (Å²) in [7, 11) is 0. The lowest BCUT2D eigenvalue weighted by molar-refractivity contribution is 0.170. The Labute approximate surface area is 99.8 Å². The molecule has 1 aromatic rings. The molecule has 0 saturated heterocycles. The molecule has 86 valence electrons. The Morgan fingerprint density at radius 3 is 2.94 bits per heavy atom.